The summed E-state index contributed by atoms with van der Waals surface area (Å²) in [5.74, 6) is 2.75. The lowest BCUT2D eigenvalue weighted by Gasteiger charge is -2.54. The Bertz CT molecular complexity index is 790. The molecule has 4 aliphatic carbocycles. The first-order chi connectivity index (χ1) is 14.0. The molecule has 0 unspecified atom stereocenters. The van der Waals surface area contributed by atoms with Crippen molar-refractivity contribution in [2.24, 2.45) is 23.7 Å². The summed E-state index contributed by atoms with van der Waals surface area (Å²) in [7, 11) is 2.14. The fourth-order valence-corrected chi connectivity index (χ4v) is 6.60. The number of rotatable bonds is 4. The summed E-state index contributed by atoms with van der Waals surface area (Å²) in [6.07, 6.45) is 6.34. The van der Waals surface area contributed by atoms with Gasteiger partial charge < -0.3 is 15.1 Å². The molecule has 29 heavy (non-hydrogen) atoms. The maximum atomic E-state index is 13.0. The Morgan fingerprint density at radius 3 is 2.31 bits per heavy atom. The first kappa shape index (κ1) is 18.9. The van der Waals surface area contributed by atoms with Crippen LogP contribution >= 0.6 is 0 Å². The second-order valence-corrected chi connectivity index (χ2v) is 9.83. The van der Waals surface area contributed by atoms with Gasteiger partial charge in [-0.1, -0.05) is 0 Å². The Labute approximate surface area is 171 Å². The van der Waals surface area contributed by atoms with Crippen LogP contribution in [0.25, 0.3) is 0 Å². The molecule has 4 saturated carbocycles. The van der Waals surface area contributed by atoms with Crippen molar-refractivity contribution in [2.75, 3.05) is 38.1 Å². The van der Waals surface area contributed by atoms with Crippen molar-refractivity contribution in [3.8, 4) is 0 Å². The molecular formula is C22H31N4O3+. The van der Waals surface area contributed by atoms with E-state index in [-0.39, 0.29) is 22.6 Å². The van der Waals surface area contributed by atoms with Crippen LogP contribution in [-0.2, 0) is 0 Å². The highest BCUT2D eigenvalue weighted by molar-refractivity contribution is 5.96. The fourth-order valence-electron chi connectivity index (χ4n) is 6.60. The highest BCUT2D eigenvalue weighted by Gasteiger charge is 2.48. The summed E-state index contributed by atoms with van der Waals surface area (Å²) >= 11 is 0. The van der Waals surface area contributed by atoms with Crippen molar-refractivity contribution in [3.63, 3.8) is 0 Å². The summed E-state index contributed by atoms with van der Waals surface area (Å²) < 4.78 is 0. The number of hydrogen-bond donors (Lipinski definition) is 2. The van der Waals surface area contributed by atoms with Crippen LogP contribution in [0.5, 0.6) is 0 Å². The lowest BCUT2D eigenvalue weighted by Crippen LogP contribution is -3.12. The number of nitrogens with zero attached hydrogens (tertiary/aromatic N) is 2. The third-order valence-corrected chi connectivity index (χ3v) is 7.92. The minimum atomic E-state index is -0.347. The predicted octanol–water partition coefficient (Wildman–Crippen LogP) is 1.48. The third kappa shape index (κ3) is 3.50. The number of nitrogens with one attached hydrogen (secondary N) is 2. The van der Waals surface area contributed by atoms with Gasteiger partial charge in [0.25, 0.3) is 11.6 Å². The van der Waals surface area contributed by atoms with Gasteiger partial charge in [-0.3, -0.25) is 14.9 Å². The highest BCUT2D eigenvalue weighted by Crippen LogP contribution is 2.53. The maximum absolute atomic E-state index is 13.0. The first-order valence-corrected chi connectivity index (χ1v) is 11.1. The molecule has 7 heteroatoms. The average molecular weight is 400 g/mol. The SMILES string of the molecule is C[NH+]1CCN(c2ccc(C(=O)NC3C4CC5CC(C4)CC3C5)cc2[N+](=O)[O-])CC1. The summed E-state index contributed by atoms with van der Waals surface area (Å²) in [5.41, 5.74) is 1.09. The van der Waals surface area contributed by atoms with Crippen molar-refractivity contribution in [1.29, 1.82) is 0 Å². The molecule has 0 atom stereocenters. The molecular weight excluding hydrogens is 368 g/mol. The second-order valence-electron chi connectivity index (χ2n) is 9.83. The molecule has 0 radical (unpaired) electrons. The number of carbonyl (C=O) groups excluding carboxylic acids is 1. The van der Waals surface area contributed by atoms with Crippen molar-refractivity contribution in [2.45, 2.75) is 38.1 Å². The number of likely N-dealkylation sites (N-methyl/N-ethyl adjacent to an activating group) is 1. The molecule has 1 heterocycles. The number of piperazine rings is 1. The van der Waals surface area contributed by atoms with Crippen LogP contribution in [0.15, 0.2) is 18.2 Å². The van der Waals surface area contributed by atoms with E-state index >= 15 is 0 Å². The van der Waals surface area contributed by atoms with Gasteiger partial charge in [-0.05, 0) is 67.9 Å². The summed E-state index contributed by atoms with van der Waals surface area (Å²) in [5, 5.41) is 15.0. The van der Waals surface area contributed by atoms with E-state index in [0.717, 1.165) is 38.0 Å². The van der Waals surface area contributed by atoms with Crippen LogP contribution in [0.4, 0.5) is 11.4 Å². The van der Waals surface area contributed by atoms with Gasteiger partial charge in [0.1, 0.15) is 5.69 Å². The largest absolute Gasteiger partial charge is 0.355 e. The lowest BCUT2D eigenvalue weighted by molar-refractivity contribution is -0.880. The topological polar surface area (TPSA) is 79.9 Å². The van der Waals surface area contributed by atoms with Gasteiger partial charge in [0.05, 0.1) is 38.2 Å². The monoisotopic (exact) mass is 399 g/mol. The maximum Gasteiger partial charge on any atom is 0.293 e. The van der Waals surface area contributed by atoms with Crippen molar-refractivity contribution < 1.29 is 14.6 Å². The molecule has 6 rings (SSSR count). The highest BCUT2D eigenvalue weighted by atomic mass is 16.6. The van der Waals surface area contributed by atoms with Gasteiger partial charge >= 0.3 is 0 Å². The third-order valence-electron chi connectivity index (χ3n) is 7.92. The number of carbonyl (C=O) groups is 1. The van der Waals surface area contributed by atoms with E-state index in [1.807, 2.05) is 0 Å². The Kier molecular flexibility index (Phi) is 4.73. The van der Waals surface area contributed by atoms with Gasteiger partial charge in [-0.25, -0.2) is 0 Å². The van der Waals surface area contributed by atoms with Crippen molar-refractivity contribution in [3.05, 3.63) is 33.9 Å². The lowest BCUT2D eigenvalue weighted by atomic mass is 9.54. The zero-order chi connectivity index (χ0) is 20.1. The minimum Gasteiger partial charge on any atom is -0.355 e. The molecule has 1 aliphatic heterocycles. The van der Waals surface area contributed by atoms with Gasteiger partial charge in [0.15, 0.2) is 0 Å². The number of nitro benzene ring substituents is 1. The zero-order valence-corrected chi connectivity index (χ0v) is 17.1. The minimum absolute atomic E-state index is 0.0438. The van der Waals surface area contributed by atoms with Crippen LogP contribution in [0.2, 0.25) is 0 Å². The first-order valence-electron chi connectivity index (χ1n) is 11.1. The van der Waals surface area contributed by atoms with E-state index < -0.39 is 0 Å². The smallest absolute Gasteiger partial charge is 0.293 e. The van der Waals surface area contributed by atoms with E-state index in [1.165, 1.54) is 43.1 Å². The van der Waals surface area contributed by atoms with Gasteiger partial charge in [-0.2, -0.15) is 0 Å². The molecule has 5 fully saturated rings. The van der Waals surface area contributed by atoms with E-state index in [9.17, 15) is 14.9 Å². The normalized spacial score (nSPS) is 33.7. The fraction of sp³-hybridized carbons (Fsp3) is 0.682. The van der Waals surface area contributed by atoms with E-state index in [1.54, 1.807) is 12.1 Å². The second kappa shape index (κ2) is 7.27. The van der Waals surface area contributed by atoms with Crippen LogP contribution < -0.4 is 15.1 Å². The molecule has 1 aromatic rings. The number of benzene rings is 1. The Hall–Kier alpha value is -2.15. The standard InChI is InChI=1S/C22H30N4O3/c1-24-4-6-25(7-5-24)19-3-2-16(13-20(19)26(28)29)22(27)23-21-17-9-14-8-15(11-17)12-18(21)10-14/h2-3,13-15,17-18,21H,4-12H2,1H3,(H,23,27)/p+1. The average Bonchev–Trinajstić information content (AvgIpc) is 2.70. The molecule has 0 spiro atoms. The number of amides is 1. The molecule has 1 aromatic carbocycles. The Morgan fingerprint density at radius 2 is 1.72 bits per heavy atom. The van der Waals surface area contributed by atoms with E-state index in [0.29, 0.717) is 23.1 Å². The number of hydrogen-bond acceptors (Lipinski definition) is 4. The molecule has 5 aliphatic rings. The number of anilines is 1. The van der Waals surface area contributed by atoms with Crippen LogP contribution in [0.3, 0.4) is 0 Å². The van der Waals surface area contributed by atoms with Gasteiger partial charge in [0, 0.05) is 17.7 Å². The zero-order valence-electron chi connectivity index (χ0n) is 17.1. The van der Waals surface area contributed by atoms with Crippen molar-refractivity contribution >= 4 is 17.3 Å². The summed E-state index contributed by atoms with van der Waals surface area (Å²) in [6, 6.07) is 5.25. The van der Waals surface area contributed by atoms with E-state index in [2.05, 4.69) is 17.3 Å². The summed E-state index contributed by atoms with van der Waals surface area (Å²) in [4.78, 5) is 27.9. The molecule has 1 saturated heterocycles. The van der Waals surface area contributed by atoms with Gasteiger partial charge in [0.2, 0.25) is 0 Å². The number of nitro groups is 1. The van der Waals surface area contributed by atoms with Gasteiger partial charge in [-0.15, -0.1) is 0 Å². The Morgan fingerprint density at radius 1 is 1.10 bits per heavy atom. The number of quaternary nitrogens is 1. The van der Waals surface area contributed by atoms with Crippen LogP contribution in [0.1, 0.15) is 42.5 Å². The van der Waals surface area contributed by atoms with Crippen LogP contribution in [0, 0.1) is 33.8 Å². The van der Waals surface area contributed by atoms with Crippen LogP contribution in [-0.4, -0.2) is 50.1 Å². The quantitative estimate of drug-likeness (QED) is 0.594. The van der Waals surface area contributed by atoms with E-state index in [4.69, 9.17) is 0 Å². The molecule has 1 amide bonds. The van der Waals surface area contributed by atoms with Crippen molar-refractivity contribution in [1.82, 2.24) is 5.32 Å². The predicted molar refractivity (Wildman–Crippen MR) is 110 cm³/mol. The molecule has 4 bridgehead atoms. The molecule has 0 aromatic heterocycles. The molecule has 7 nitrogen and oxygen atoms in total. The summed E-state index contributed by atoms with van der Waals surface area (Å²) in [6.45, 7) is 3.52. The molecule has 2 N–H and O–H groups in total. The Balaban J connectivity index is 1.33. The molecule has 156 valence electrons.